The third-order valence-electron chi connectivity index (χ3n) is 3.83. The summed E-state index contributed by atoms with van der Waals surface area (Å²) < 4.78 is 5.43. The van der Waals surface area contributed by atoms with E-state index in [4.69, 9.17) is 10.5 Å². The van der Waals surface area contributed by atoms with Crippen molar-refractivity contribution in [2.24, 2.45) is 5.73 Å². The van der Waals surface area contributed by atoms with Gasteiger partial charge in [-0.15, -0.1) is 0 Å². The van der Waals surface area contributed by atoms with Crippen molar-refractivity contribution in [2.45, 2.75) is 57.7 Å². The van der Waals surface area contributed by atoms with Gasteiger partial charge in [0.2, 0.25) is 5.91 Å². The molecule has 2 N–H and O–H groups in total. The first-order valence-electron chi connectivity index (χ1n) is 8.11. The van der Waals surface area contributed by atoms with Crippen LogP contribution in [0.3, 0.4) is 0 Å². The number of rotatable bonds is 4. The van der Waals surface area contributed by atoms with Gasteiger partial charge in [-0.1, -0.05) is 30.3 Å². The fraction of sp³-hybridized carbons (Fsp3) is 0.556. The molecule has 1 aromatic rings. The number of nitrogens with two attached hydrogens (primary N) is 1. The predicted molar refractivity (Wildman–Crippen MR) is 88.7 cm³/mol. The molecule has 5 nitrogen and oxygen atoms in total. The third-order valence-corrected chi connectivity index (χ3v) is 3.83. The van der Waals surface area contributed by atoms with Gasteiger partial charge >= 0.3 is 5.97 Å². The summed E-state index contributed by atoms with van der Waals surface area (Å²) >= 11 is 0. The summed E-state index contributed by atoms with van der Waals surface area (Å²) in [5.41, 5.74) is 6.54. The Morgan fingerprint density at radius 2 is 1.96 bits per heavy atom. The maximum Gasteiger partial charge on any atom is 0.329 e. The maximum absolute atomic E-state index is 12.6. The van der Waals surface area contributed by atoms with Crippen LogP contribution in [0.4, 0.5) is 0 Å². The molecular formula is C18H26N2O3. The van der Waals surface area contributed by atoms with Crippen LogP contribution in [0.1, 0.15) is 39.2 Å². The largest absolute Gasteiger partial charge is 0.458 e. The summed E-state index contributed by atoms with van der Waals surface area (Å²) in [6.45, 7) is 6.04. The molecule has 5 heteroatoms. The molecule has 23 heavy (non-hydrogen) atoms. The van der Waals surface area contributed by atoms with Crippen LogP contribution in [0.5, 0.6) is 0 Å². The van der Waals surface area contributed by atoms with Crippen LogP contribution >= 0.6 is 0 Å². The second kappa shape index (κ2) is 7.13. The molecule has 0 bridgehead atoms. The highest BCUT2D eigenvalue weighted by atomic mass is 16.6. The normalized spacial score (nSPS) is 19.5. The Bertz CT molecular complexity index is 551. The molecule has 0 saturated carbocycles. The van der Waals surface area contributed by atoms with Crippen LogP contribution in [0.25, 0.3) is 0 Å². The molecule has 1 heterocycles. The van der Waals surface area contributed by atoms with E-state index in [-0.39, 0.29) is 11.9 Å². The summed E-state index contributed by atoms with van der Waals surface area (Å²) in [6, 6.07) is 8.52. The molecule has 1 fully saturated rings. The topological polar surface area (TPSA) is 72.6 Å². The number of likely N-dealkylation sites (tertiary alicyclic amines) is 1. The Morgan fingerprint density at radius 1 is 1.30 bits per heavy atom. The molecule has 2 rings (SSSR count). The van der Waals surface area contributed by atoms with Gasteiger partial charge in [0.1, 0.15) is 11.6 Å². The van der Waals surface area contributed by atoms with E-state index in [1.807, 2.05) is 51.1 Å². The highest BCUT2D eigenvalue weighted by Crippen LogP contribution is 2.22. The standard InChI is InChI=1S/C18H26N2O3/c1-18(2,3)23-17(22)15-10-7-11-20(15)16(21)14(19)12-13-8-5-4-6-9-13/h4-6,8-9,14-15H,7,10-12,19H2,1-3H3/t14-,15+/m0/s1. The van der Waals surface area contributed by atoms with E-state index in [1.165, 1.54) is 0 Å². The lowest BCUT2D eigenvalue weighted by Gasteiger charge is -2.29. The Morgan fingerprint density at radius 3 is 2.57 bits per heavy atom. The van der Waals surface area contributed by atoms with Gasteiger partial charge in [0.05, 0.1) is 6.04 Å². The first kappa shape index (κ1) is 17.5. The highest BCUT2D eigenvalue weighted by Gasteiger charge is 2.38. The second-order valence-electron chi connectivity index (χ2n) is 7.02. The molecule has 0 radical (unpaired) electrons. The number of nitrogens with zero attached hydrogens (tertiary/aromatic N) is 1. The monoisotopic (exact) mass is 318 g/mol. The zero-order valence-electron chi connectivity index (χ0n) is 14.1. The van der Waals surface area contributed by atoms with Gasteiger partial charge < -0.3 is 15.4 Å². The molecule has 1 amide bonds. The van der Waals surface area contributed by atoms with Crippen LogP contribution in [0, 0.1) is 0 Å². The van der Waals surface area contributed by atoms with Crippen molar-refractivity contribution in [1.82, 2.24) is 4.90 Å². The lowest BCUT2D eigenvalue weighted by Crippen LogP contribution is -2.50. The van der Waals surface area contributed by atoms with Crippen molar-refractivity contribution in [2.75, 3.05) is 6.54 Å². The molecule has 1 aliphatic heterocycles. The lowest BCUT2D eigenvalue weighted by molar-refractivity contribution is -0.163. The van der Waals surface area contributed by atoms with Crippen LogP contribution < -0.4 is 5.73 Å². The Kier molecular flexibility index (Phi) is 5.42. The number of benzene rings is 1. The summed E-state index contributed by atoms with van der Waals surface area (Å²) in [6.07, 6.45) is 1.91. The minimum Gasteiger partial charge on any atom is -0.458 e. The van der Waals surface area contributed by atoms with Gasteiger partial charge in [-0.2, -0.15) is 0 Å². The molecule has 1 aliphatic rings. The smallest absolute Gasteiger partial charge is 0.329 e. The molecule has 126 valence electrons. The number of ether oxygens (including phenoxy) is 1. The van der Waals surface area contributed by atoms with Crippen LogP contribution in [0.2, 0.25) is 0 Å². The van der Waals surface area contributed by atoms with Crippen molar-refractivity contribution in [3.8, 4) is 0 Å². The summed E-state index contributed by atoms with van der Waals surface area (Å²) in [4.78, 5) is 26.5. The second-order valence-corrected chi connectivity index (χ2v) is 7.02. The molecule has 0 aliphatic carbocycles. The number of esters is 1. The number of amides is 1. The van der Waals surface area contributed by atoms with Gasteiger partial charge in [-0.05, 0) is 45.6 Å². The van der Waals surface area contributed by atoms with Crippen molar-refractivity contribution < 1.29 is 14.3 Å². The maximum atomic E-state index is 12.6. The van der Waals surface area contributed by atoms with E-state index in [1.54, 1.807) is 4.90 Å². The summed E-state index contributed by atoms with van der Waals surface area (Å²) in [5.74, 6) is -0.516. The molecule has 0 unspecified atom stereocenters. The Balaban J connectivity index is 2.01. The quantitative estimate of drug-likeness (QED) is 0.861. The lowest BCUT2D eigenvalue weighted by atomic mass is 10.1. The van der Waals surface area contributed by atoms with E-state index in [0.717, 1.165) is 12.0 Å². The molecule has 0 aromatic heterocycles. The fourth-order valence-electron chi connectivity index (χ4n) is 2.81. The SMILES string of the molecule is CC(C)(C)OC(=O)[C@H]1CCCN1C(=O)[C@@H](N)Cc1ccccc1. The molecule has 0 spiro atoms. The summed E-state index contributed by atoms with van der Waals surface area (Å²) in [5, 5.41) is 0. The van der Waals surface area contributed by atoms with Crippen molar-refractivity contribution in [3.63, 3.8) is 0 Å². The fourth-order valence-corrected chi connectivity index (χ4v) is 2.81. The van der Waals surface area contributed by atoms with Crippen LogP contribution in [-0.2, 0) is 20.7 Å². The molecular weight excluding hydrogens is 292 g/mol. The van der Waals surface area contributed by atoms with Crippen molar-refractivity contribution in [3.05, 3.63) is 35.9 Å². The number of carbonyl (C=O) groups excluding carboxylic acids is 2. The zero-order chi connectivity index (χ0) is 17.0. The number of carbonyl (C=O) groups is 2. The average molecular weight is 318 g/mol. The minimum absolute atomic E-state index is 0.179. The van der Waals surface area contributed by atoms with E-state index in [2.05, 4.69) is 0 Å². The highest BCUT2D eigenvalue weighted by molar-refractivity contribution is 5.88. The minimum atomic E-state index is -0.638. The zero-order valence-corrected chi connectivity index (χ0v) is 14.1. The van der Waals surface area contributed by atoms with E-state index < -0.39 is 17.7 Å². The first-order valence-corrected chi connectivity index (χ1v) is 8.11. The first-order chi connectivity index (χ1) is 10.8. The van der Waals surface area contributed by atoms with Gasteiger partial charge in [-0.3, -0.25) is 4.79 Å². The van der Waals surface area contributed by atoms with Gasteiger partial charge in [-0.25, -0.2) is 4.79 Å². The van der Waals surface area contributed by atoms with Crippen molar-refractivity contribution in [1.29, 1.82) is 0 Å². The predicted octanol–water partition coefficient (Wildman–Crippen LogP) is 1.89. The third kappa shape index (κ3) is 4.79. The Labute approximate surface area is 137 Å². The molecule has 1 aromatic carbocycles. The molecule has 2 atom stereocenters. The van der Waals surface area contributed by atoms with Gasteiger partial charge in [0, 0.05) is 6.54 Å². The van der Waals surface area contributed by atoms with Crippen molar-refractivity contribution >= 4 is 11.9 Å². The van der Waals surface area contributed by atoms with Crippen LogP contribution in [-0.4, -0.2) is 41.0 Å². The van der Waals surface area contributed by atoms with E-state index >= 15 is 0 Å². The van der Waals surface area contributed by atoms with Gasteiger partial charge in [0.15, 0.2) is 0 Å². The number of hydrogen-bond donors (Lipinski definition) is 1. The van der Waals surface area contributed by atoms with E-state index in [9.17, 15) is 9.59 Å². The number of hydrogen-bond acceptors (Lipinski definition) is 4. The van der Waals surface area contributed by atoms with Gasteiger partial charge in [0.25, 0.3) is 0 Å². The summed E-state index contributed by atoms with van der Waals surface area (Å²) in [7, 11) is 0. The molecule has 1 saturated heterocycles. The average Bonchev–Trinajstić information content (AvgIpc) is 2.95. The van der Waals surface area contributed by atoms with E-state index in [0.29, 0.717) is 19.4 Å². The Hall–Kier alpha value is -1.88. The van der Waals surface area contributed by atoms with Crippen LogP contribution in [0.15, 0.2) is 30.3 Å².